The first kappa shape index (κ1) is 13.5. The molecule has 1 atom stereocenters. The zero-order valence-electron chi connectivity index (χ0n) is 12.6. The normalized spacial score (nSPS) is 22.1. The van der Waals surface area contributed by atoms with Gasteiger partial charge in [0, 0.05) is 18.4 Å². The minimum Gasteiger partial charge on any atom is -0.296 e. The number of rotatable bonds is 3. The second-order valence-electron chi connectivity index (χ2n) is 6.54. The highest BCUT2D eigenvalue weighted by molar-refractivity contribution is 6.02. The van der Waals surface area contributed by atoms with Gasteiger partial charge in [-0.1, -0.05) is 11.6 Å². The van der Waals surface area contributed by atoms with Crippen LogP contribution in [0.5, 0.6) is 0 Å². The molecule has 1 aromatic carbocycles. The van der Waals surface area contributed by atoms with Gasteiger partial charge in [0.2, 0.25) is 11.8 Å². The minimum atomic E-state index is -0.317. The maximum Gasteiger partial charge on any atom is 0.235 e. The summed E-state index contributed by atoms with van der Waals surface area (Å²) in [5.41, 5.74) is 3.08. The number of hydrogen-bond acceptors (Lipinski definition) is 3. The summed E-state index contributed by atoms with van der Waals surface area (Å²) in [6.45, 7) is 2.97. The van der Waals surface area contributed by atoms with E-state index in [1.165, 1.54) is 12.8 Å². The quantitative estimate of drug-likeness (QED) is 0.884. The van der Waals surface area contributed by atoms with Crippen LogP contribution in [0.3, 0.4) is 0 Å². The van der Waals surface area contributed by atoms with Crippen LogP contribution in [0.1, 0.15) is 42.9 Å². The third-order valence-electron chi connectivity index (χ3n) is 4.63. The van der Waals surface area contributed by atoms with E-state index in [0.29, 0.717) is 12.8 Å². The Morgan fingerprint density at radius 2 is 2.09 bits per heavy atom. The molecular weight excluding hydrogens is 278 g/mol. The Morgan fingerprint density at radius 1 is 1.27 bits per heavy atom. The summed E-state index contributed by atoms with van der Waals surface area (Å²) in [7, 11) is 0. The molecule has 1 saturated carbocycles. The van der Waals surface area contributed by atoms with Gasteiger partial charge in [-0.25, -0.2) is 0 Å². The molecule has 0 spiro atoms. The Labute approximate surface area is 128 Å². The molecule has 22 heavy (non-hydrogen) atoms. The SMILES string of the molecule is Cc1ccc2c(c1)c(C1CCC(=O)NC1=O)nn2CC1CC1. The smallest absolute Gasteiger partial charge is 0.235 e. The highest BCUT2D eigenvalue weighted by atomic mass is 16.2. The van der Waals surface area contributed by atoms with Gasteiger partial charge >= 0.3 is 0 Å². The summed E-state index contributed by atoms with van der Waals surface area (Å²) < 4.78 is 2.05. The van der Waals surface area contributed by atoms with Crippen molar-refractivity contribution in [2.24, 2.45) is 5.92 Å². The van der Waals surface area contributed by atoms with Crippen molar-refractivity contribution in [1.29, 1.82) is 0 Å². The summed E-state index contributed by atoms with van der Waals surface area (Å²) >= 11 is 0. The maximum absolute atomic E-state index is 12.2. The van der Waals surface area contributed by atoms with E-state index in [0.717, 1.165) is 34.6 Å². The Hall–Kier alpha value is -2.17. The second-order valence-corrected chi connectivity index (χ2v) is 6.54. The Morgan fingerprint density at radius 3 is 2.82 bits per heavy atom. The van der Waals surface area contributed by atoms with E-state index in [1.54, 1.807) is 0 Å². The number of nitrogens with one attached hydrogen (secondary N) is 1. The summed E-state index contributed by atoms with van der Waals surface area (Å²) in [6.07, 6.45) is 3.47. The van der Waals surface area contributed by atoms with E-state index in [-0.39, 0.29) is 17.7 Å². The van der Waals surface area contributed by atoms with Gasteiger partial charge in [0.05, 0.1) is 17.1 Å². The largest absolute Gasteiger partial charge is 0.296 e. The fourth-order valence-electron chi connectivity index (χ4n) is 3.21. The Kier molecular flexibility index (Phi) is 3.03. The number of nitrogens with zero attached hydrogens (tertiary/aromatic N) is 2. The van der Waals surface area contributed by atoms with Crippen molar-refractivity contribution < 1.29 is 9.59 Å². The molecule has 0 radical (unpaired) electrons. The van der Waals surface area contributed by atoms with Crippen LogP contribution >= 0.6 is 0 Å². The predicted octanol–water partition coefficient (Wildman–Crippen LogP) is 2.27. The first-order valence-electron chi connectivity index (χ1n) is 7.92. The molecule has 114 valence electrons. The van der Waals surface area contributed by atoms with Gasteiger partial charge in [-0.2, -0.15) is 5.10 Å². The van der Waals surface area contributed by atoms with Crippen molar-refractivity contribution in [2.45, 2.75) is 45.1 Å². The number of benzene rings is 1. The minimum absolute atomic E-state index is 0.181. The number of piperidine rings is 1. The van der Waals surface area contributed by atoms with Crippen LogP contribution in [0.2, 0.25) is 0 Å². The summed E-state index contributed by atoms with van der Waals surface area (Å²) in [4.78, 5) is 23.6. The molecule has 2 fully saturated rings. The number of imide groups is 1. The number of carbonyl (C=O) groups is 2. The van der Waals surface area contributed by atoms with E-state index in [1.807, 2.05) is 11.6 Å². The van der Waals surface area contributed by atoms with E-state index in [9.17, 15) is 9.59 Å². The van der Waals surface area contributed by atoms with E-state index < -0.39 is 0 Å². The number of fused-ring (bicyclic) bond motifs is 1. The van der Waals surface area contributed by atoms with Crippen molar-refractivity contribution >= 4 is 22.7 Å². The third kappa shape index (κ3) is 2.30. The van der Waals surface area contributed by atoms with E-state index in [2.05, 4.69) is 23.5 Å². The zero-order valence-corrected chi connectivity index (χ0v) is 12.6. The van der Waals surface area contributed by atoms with Gasteiger partial charge in [0.25, 0.3) is 0 Å². The molecule has 1 aliphatic carbocycles. The van der Waals surface area contributed by atoms with Gasteiger partial charge in [-0.05, 0) is 44.2 Å². The molecular formula is C17H19N3O2. The topological polar surface area (TPSA) is 64.0 Å². The molecule has 1 aromatic heterocycles. The molecule has 2 aliphatic rings. The van der Waals surface area contributed by atoms with Crippen molar-refractivity contribution in [2.75, 3.05) is 0 Å². The fraction of sp³-hybridized carbons (Fsp3) is 0.471. The van der Waals surface area contributed by atoms with Gasteiger partial charge in [0.1, 0.15) is 0 Å². The van der Waals surface area contributed by atoms with E-state index >= 15 is 0 Å². The van der Waals surface area contributed by atoms with Crippen LogP contribution in [0, 0.1) is 12.8 Å². The van der Waals surface area contributed by atoms with Crippen LogP contribution < -0.4 is 5.32 Å². The molecule has 1 unspecified atom stereocenters. The molecule has 2 heterocycles. The van der Waals surface area contributed by atoms with Crippen LogP contribution in [0.4, 0.5) is 0 Å². The van der Waals surface area contributed by atoms with Crippen molar-refractivity contribution in [3.63, 3.8) is 0 Å². The highest BCUT2D eigenvalue weighted by Gasteiger charge is 2.32. The number of carbonyl (C=O) groups excluding carboxylic acids is 2. The number of hydrogen-bond donors (Lipinski definition) is 1. The van der Waals surface area contributed by atoms with Gasteiger partial charge in [-0.3, -0.25) is 19.6 Å². The van der Waals surface area contributed by atoms with Crippen LogP contribution in [-0.2, 0) is 16.1 Å². The number of amides is 2. The fourth-order valence-corrected chi connectivity index (χ4v) is 3.21. The number of aromatic nitrogens is 2. The maximum atomic E-state index is 12.2. The van der Waals surface area contributed by atoms with Crippen molar-refractivity contribution in [3.05, 3.63) is 29.5 Å². The Balaban J connectivity index is 1.80. The molecule has 5 heteroatoms. The lowest BCUT2D eigenvalue weighted by Crippen LogP contribution is -2.39. The lowest BCUT2D eigenvalue weighted by atomic mass is 9.92. The molecule has 0 bridgehead atoms. The summed E-state index contributed by atoms with van der Waals surface area (Å²) in [6, 6.07) is 6.28. The average molecular weight is 297 g/mol. The number of aryl methyl sites for hydroxylation is 1. The molecule has 2 amide bonds. The molecule has 1 N–H and O–H groups in total. The molecule has 1 aliphatic heterocycles. The van der Waals surface area contributed by atoms with Crippen molar-refractivity contribution in [3.8, 4) is 0 Å². The average Bonchev–Trinajstić information content (AvgIpc) is 3.22. The predicted molar refractivity (Wildman–Crippen MR) is 82.3 cm³/mol. The molecule has 4 rings (SSSR count). The lowest BCUT2D eigenvalue weighted by Gasteiger charge is -2.19. The molecule has 2 aromatic rings. The van der Waals surface area contributed by atoms with Crippen molar-refractivity contribution in [1.82, 2.24) is 15.1 Å². The monoisotopic (exact) mass is 297 g/mol. The van der Waals surface area contributed by atoms with E-state index in [4.69, 9.17) is 5.10 Å². The van der Waals surface area contributed by atoms with Crippen LogP contribution in [-0.4, -0.2) is 21.6 Å². The van der Waals surface area contributed by atoms with Crippen LogP contribution in [0.25, 0.3) is 10.9 Å². The van der Waals surface area contributed by atoms with Gasteiger partial charge < -0.3 is 0 Å². The van der Waals surface area contributed by atoms with Crippen LogP contribution in [0.15, 0.2) is 18.2 Å². The zero-order chi connectivity index (χ0) is 15.3. The summed E-state index contributed by atoms with van der Waals surface area (Å²) in [5.74, 6) is 0.0105. The second kappa shape index (κ2) is 4.93. The Bertz CT molecular complexity index is 774. The first-order valence-corrected chi connectivity index (χ1v) is 7.92. The first-order chi connectivity index (χ1) is 10.6. The van der Waals surface area contributed by atoms with Gasteiger partial charge in [0.15, 0.2) is 0 Å². The lowest BCUT2D eigenvalue weighted by molar-refractivity contribution is -0.134. The highest BCUT2D eigenvalue weighted by Crippen LogP contribution is 2.35. The third-order valence-corrected chi connectivity index (χ3v) is 4.63. The standard InChI is InChI=1S/C17H19N3O2/c1-10-2-6-14-13(8-10)16(19-20(14)9-11-3-4-11)12-5-7-15(21)18-17(12)22/h2,6,8,11-12H,3-5,7,9H2,1H3,(H,18,21,22). The van der Waals surface area contributed by atoms with Gasteiger partial charge in [-0.15, -0.1) is 0 Å². The summed E-state index contributed by atoms with van der Waals surface area (Å²) in [5, 5.41) is 8.25. The molecule has 5 nitrogen and oxygen atoms in total. The molecule has 1 saturated heterocycles.